The summed E-state index contributed by atoms with van der Waals surface area (Å²) in [6, 6.07) is 23.3. The Balaban J connectivity index is 1.41. The lowest BCUT2D eigenvalue weighted by Crippen LogP contribution is -2.25. The number of nitrogens with zero attached hydrogens (tertiary/aromatic N) is 1. The van der Waals surface area contributed by atoms with Crippen LogP contribution in [-0.4, -0.2) is 18.7 Å². The average Bonchev–Trinajstić information content (AvgIpc) is 2.74. The van der Waals surface area contributed by atoms with Gasteiger partial charge < -0.3 is 10.1 Å². The van der Waals surface area contributed by atoms with Crippen molar-refractivity contribution in [3.05, 3.63) is 92.0 Å². The fraction of sp³-hybridized carbons (Fsp3) is 0.0909. The number of rotatable bonds is 8. The van der Waals surface area contributed by atoms with Crippen molar-refractivity contribution in [1.29, 1.82) is 0 Å². The molecular weight excluding hydrogens is 545 g/mol. The van der Waals surface area contributed by atoms with Crippen molar-refractivity contribution in [3.8, 4) is 5.75 Å². The number of halogens is 2. The van der Waals surface area contributed by atoms with Gasteiger partial charge in [0, 0.05) is 13.7 Å². The second-order valence-electron chi connectivity index (χ2n) is 6.14. The standard InChI is InChI=1S/C22H19BrIN3O2/c23-18-5-1-17(2-6-18)15-29-21-11-3-16(4-12-21)13-26-27-22(28)14-25-20-9-7-19(24)8-10-20/h1-13,25H,14-15H2,(H,27,28)/b26-13-. The van der Waals surface area contributed by atoms with Crippen molar-refractivity contribution in [2.24, 2.45) is 5.10 Å². The van der Waals surface area contributed by atoms with E-state index in [1.807, 2.05) is 72.8 Å². The van der Waals surface area contributed by atoms with E-state index in [0.29, 0.717) is 6.61 Å². The van der Waals surface area contributed by atoms with Gasteiger partial charge in [0.2, 0.25) is 0 Å². The number of benzene rings is 3. The molecule has 0 fully saturated rings. The van der Waals surface area contributed by atoms with Gasteiger partial charge in [-0.25, -0.2) is 5.43 Å². The molecule has 3 aromatic rings. The summed E-state index contributed by atoms with van der Waals surface area (Å²) in [5.74, 6) is 0.560. The van der Waals surface area contributed by atoms with Crippen molar-refractivity contribution < 1.29 is 9.53 Å². The van der Waals surface area contributed by atoms with E-state index in [0.717, 1.165) is 30.6 Å². The van der Waals surface area contributed by atoms with Crippen LogP contribution < -0.4 is 15.5 Å². The maximum Gasteiger partial charge on any atom is 0.259 e. The van der Waals surface area contributed by atoms with Gasteiger partial charge in [0.05, 0.1) is 12.8 Å². The van der Waals surface area contributed by atoms with Gasteiger partial charge >= 0.3 is 0 Å². The van der Waals surface area contributed by atoms with E-state index in [1.54, 1.807) is 6.21 Å². The van der Waals surface area contributed by atoms with Gasteiger partial charge in [0.15, 0.2) is 0 Å². The number of carbonyl (C=O) groups excluding carboxylic acids is 1. The van der Waals surface area contributed by atoms with Gasteiger partial charge in [-0.1, -0.05) is 28.1 Å². The second-order valence-corrected chi connectivity index (χ2v) is 8.30. The minimum atomic E-state index is -0.214. The molecule has 3 aromatic carbocycles. The SMILES string of the molecule is O=C(CNc1ccc(I)cc1)N/N=C\c1ccc(OCc2ccc(Br)cc2)cc1. The molecule has 3 rings (SSSR count). The Labute approximate surface area is 191 Å². The Morgan fingerprint density at radius 2 is 1.69 bits per heavy atom. The zero-order valence-electron chi connectivity index (χ0n) is 15.4. The van der Waals surface area contributed by atoms with Gasteiger partial charge in [-0.15, -0.1) is 0 Å². The van der Waals surface area contributed by atoms with Crippen molar-refractivity contribution in [2.75, 3.05) is 11.9 Å². The molecular formula is C22H19BrIN3O2. The number of hydrazone groups is 1. The first kappa shape index (κ1) is 21.3. The molecule has 0 saturated heterocycles. The molecule has 0 radical (unpaired) electrons. The van der Waals surface area contributed by atoms with Crippen LogP contribution in [0.4, 0.5) is 5.69 Å². The highest BCUT2D eigenvalue weighted by Gasteiger charge is 2.00. The van der Waals surface area contributed by atoms with Crippen molar-refractivity contribution in [1.82, 2.24) is 5.43 Å². The molecule has 148 valence electrons. The van der Waals surface area contributed by atoms with Crippen LogP contribution in [0.25, 0.3) is 0 Å². The lowest BCUT2D eigenvalue weighted by atomic mass is 10.2. The monoisotopic (exact) mass is 563 g/mol. The summed E-state index contributed by atoms with van der Waals surface area (Å²) in [7, 11) is 0. The number of hydrogen-bond donors (Lipinski definition) is 2. The van der Waals surface area contributed by atoms with Crippen LogP contribution >= 0.6 is 38.5 Å². The summed E-state index contributed by atoms with van der Waals surface area (Å²) in [5.41, 5.74) is 5.37. The molecule has 0 spiro atoms. The van der Waals surface area contributed by atoms with E-state index in [9.17, 15) is 4.79 Å². The predicted octanol–water partition coefficient (Wildman–Crippen LogP) is 5.19. The van der Waals surface area contributed by atoms with Gasteiger partial charge in [-0.05, 0) is 94.4 Å². The molecule has 1 amide bonds. The number of ether oxygens (including phenoxy) is 1. The predicted molar refractivity (Wildman–Crippen MR) is 128 cm³/mol. The van der Waals surface area contributed by atoms with Gasteiger partial charge in [0.1, 0.15) is 12.4 Å². The van der Waals surface area contributed by atoms with Crippen LogP contribution in [0, 0.1) is 3.57 Å². The highest BCUT2D eigenvalue weighted by molar-refractivity contribution is 14.1. The molecule has 0 bridgehead atoms. The maximum atomic E-state index is 11.9. The molecule has 0 saturated carbocycles. The third-order valence-electron chi connectivity index (χ3n) is 3.90. The van der Waals surface area contributed by atoms with E-state index < -0.39 is 0 Å². The zero-order chi connectivity index (χ0) is 20.5. The number of hydrogen-bond acceptors (Lipinski definition) is 4. The Morgan fingerprint density at radius 1 is 1.00 bits per heavy atom. The summed E-state index contributed by atoms with van der Waals surface area (Å²) < 4.78 is 7.96. The molecule has 7 heteroatoms. The highest BCUT2D eigenvalue weighted by atomic mass is 127. The number of carbonyl (C=O) groups is 1. The van der Waals surface area contributed by atoms with E-state index in [1.165, 1.54) is 0 Å². The molecule has 5 nitrogen and oxygen atoms in total. The molecule has 0 aromatic heterocycles. The quantitative estimate of drug-likeness (QED) is 0.225. The normalized spacial score (nSPS) is 10.7. The minimum Gasteiger partial charge on any atom is -0.489 e. The summed E-state index contributed by atoms with van der Waals surface area (Å²) in [4.78, 5) is 11.9. The van der Waals surface area contributed by atoms with Crippen LogP contribution in [0.1, 0.15) is 11.1 Å². The Hall–Kier alpha value is -2.39. The molecule has 0 aliphatic rings. The lowest BCUT2D eigenvalue weighted by Gasteiger charge is -2.07. The molecule has 0 aliphatic carbocycles. The first-order valence-corrected chi connectivity index (χ1v) is 10.7. The van der Waals surface area contributed by atoms with E-state index in [-0.39, 0.29) is 12.5 Å². The molecule has 0 unspecified atom stereocenters. The third kappa shape index (κ3) is 7.51. The Morgan fingerprint density at radius 3 is 2.38 bits per heavy atom. The average molecular weight is 564 g/mol. The molecule has 2 N–H and O–H groups in total. The molecule has 29 heavy (non-hydrogen) atoms. The summed E-state index contributed by atoms with van der Waals surface area (Å²) >= 11 is 5.65. The number of anilines is 1. The topological polar surface area (TPSA) is 62.7 Å². The number of nitrogens with one attached hydrogen (secondary N) is 2. The largest absolute Gasteiger partial charge is 0.489 e. The van der Waals surface area contributed by atoms with Gasteiger partial charge in [-0.3, -0.25) is 4.79 Å². The lowest BCUT2D eigenvalue weighted by molar-refractivity contribution is -0.119. The Kier molecular flexibility index (Phi) is 8.06. The minimum absolute atomic E-state index is 0.154. The van der Waals surface area contributed by atoms with E-state index in [2.05, 4.69) is 54.4 Å². The highest BCUT2D eigenvalue weighted by Crippen LogP contribution is 2.15. The molecule has 0 atom stereocenters. The fourth-order valence-electron chi connectivity index (χ4n) is 2.37. The van der Waals surface area contributed by atoms with Crippen LogP contribution in [-0.2, 0) is 11.4 Å². The smallest absolute Gasteiger partial charge is 0.259 e. The maximum absolute atomic E-state index is 11.9. The van der Waals surface area contributed by atoms with Crippen LogP contribution in [0.15, 0.2) is 82.4 Å². The molecule has 0 heterocycles. The summed E-state index contributed by atoms with van der Waals surface area (Å²) in [6.07, 6.45) is 1.60. The fourth-order valence-corrected chi connectivity index (χ4v) is 2.99. The van der Waals surface area contributed by atoms with Gasteiger partial charge in [0.25, 0.3) is 5.91 Å². The first-order chi connectivity index (χ1) is 14.1. The van der Waals surface area contributed by atoms with E-state index >= 15 is 0 Å². The Bertz CT molecular complexity index is 959. The molecule has 0 aliphatic heterocycles. The van der Waals surface area contributed by atoms with Crippen molar-refractivity contribution in [3.63, 3.8) is 0 Å². The van der Waals surface area contributed by atoms with E-state index in [4.69, 9.17) is 4.74 Å². The first-order valence-electron chi connectivity index (χ1n) is 8.87. The number of amides is 1. The van der Waals surface area contributed by atoms with Gasteiger partial charge in [-0.2, -0.15) is 5.10 Å². The van der Waals surface area contributed by atoms with Crippen LogP contribution in [0.3, 0.4) is 0 Å². The summed E-state index contributed by atoms with van der Waals surface area (Å²) in [5, 5.41) is 7.04. The zero-order valence-corrected chi connectivity index (χ0v) is 19.2. The second kappa shape index (κ2) is 11.0. The van der Waals surface area contributed by atoms with Crippen LogP contribution in [0.2, 0.25) is 0 Å². The third-order valence-corrected chi connectivity index (χ3v) is 5.15. The summed E-state index contributed by atoms with van der Waals surface area (Å²) in [6.45, 7) is 0.658. The van der Waals surface area contributed by atoms with Crippen molar-refractivity contribution >= 4 is 56.3 Å². The van der Waals surface area contributed by atoms with Crippen molar-refractivity contribution in [2.45, 2.75) is 6.61 Å². The van der Waals surface area contributed by atoms with Crippen LogP contribution in [0.5, 0.6) is 5.75 Å².